The largest absolute Gasteiger partial charge is 0.505 e. The number of aliphatic hydroxyl groups excluding tert-OH is 2. The van der Waals surface area contributed by atoms with Crippen LogP contribution in [0.1, 0.15) is 46.5 Å². The molecule has 3 fully saturated rings. The Morgan fingerprint density at radius 3 is 2.70 bits per heavy atom. The van der Waals surface area contributed by atoms with Gasteiger partial charge in [0, 0.05) is 11.3 Å². The van der Waals surface area contributed by atoms with Crippen molar-refractivity contribution < 1.29 is 24.2 Å². The van der Waals surface area contributed by atoms with E-state index in [9.17, 15) is 19.8 Å². The summed E-state index contributed by atoms with van der Waals surface area (Å²) in [6.07, 6.45) is 5.82. The third kappa shape index (κ3) is 2.12. The number of aliphatic hydroxyl groups is 2. The first-order chi connectivity index (χ1) is 12.6. The number of ketones is 1. The number of hydrogen-bond acceptors (Lipinski definition) is 4. The molecule has 0 amide bonds. The molecule has 146 valence electrons. The molecule has 27 heavy (non-hydrogen) atoms. The lowest BCUT2D eigenvalue weighted by atomic mass is 9.45. The van der Waals surface area contributed by atoms with E-state index < -0.39 is 28.5 Å². The second kappa shape index (κ2) is 5.63. The minimum Gasteiger partial charge on any atom is -0.505 e. The molecule has 3 saturated carbocycles. The summed E-state index contributed by atoms with van der Waals surface area (Å²) in [6.45, 7) is 5.70. The van der Waals surface area contributed by atoms with Crippen LogP contribution in [-0.4, -0.2) is 34.1 Å². The van der Waals surface area contributed by atoms with Gasteiger partial charge >= 0.3 is 0 Å². The molecule has 0 bridgehead atoms. The van der Waals surface area contributed by atoms with Crippen molar-refractivity contribution in [3.05, 3.63) is 35.1 Å². The highest BCUT2D eigenvalue weighted by molar-refractivity contribution is 6.01. The molecule has 4 nitrogen and oxygen atoms in total. The van der Waals surface area contributed by atoms with Crippen LogP contribution in [0.4, 0.5) is 4.39 Å². The standard InChI is InChI=1S/C22H27FO4/c1-12-8-16-15-5-4-13-9-14(25)6-7-21(13,3)22(15,23)18(27)10-20(16,2)19(12)17(26)11-24/h6-7,9,11-12,15-16,18,26-27H,4-5,8,10H2,1-3H3/t12-,15?,16?,18-,20-,21-,22-/m0/s1. The summed E-state index contributed by atoms with van der Waals surface area (Å²) >= 11 is 0. The third-order valence-corrected chi connectivity index (χ3v) is 8.13. The third-order valence-electron chi connectivity index (χ3n) is 8.13. The van der Waals surface area contributed by atoms with E-state index >= 15 is 4.39 Å². The Labute approximate surface area is 158 Å². The minimum atomic E-state index is -1.87. The van der Waals surface area contributed by atoms with Crippen molar-refractivity contribution in [1.29, 1.82) is 0 Å². The van der Waals surface area contributed by atoms with Gasteiger partial charge in [0.1, 0.15) is 0 Å². The van der Waals surface area contributed by atoms with Crippen LogP contribution in [0.3, 0.4) is 0 Å². The summed E-state index contributed by atoms with van der Waals surface area (Å²) in [5, 5.41) is 21.3. The average Bonchev–Trinajstić information content (AvgIpc) is 2.86. The van der Waals surface area contributed by atoms with Gasteiger partial charge in [-0.2, -0.15) is 0 Å². The normalized spacial score (nSPS) is 50.4. The van der Waals surface area contributed by atoms with Crippen molar-refractivity contribution in [1.82, 2.24) is 0 Å². The first-order valence-electron chi connectivity index (χ1n) is 9.79. The van der Waals surface area contributed by atoms with E-state index in [1.807, 2.05) is 13.8 Å². The van der Waals surface area contributed by atoms with E-state index in [0.717, 1.165) is 5.57 Å². The number of halogens is 1. The van der Waals surface area contributed by atoms with Crippen LogP contribution in [0, 0.1) is 28.6 Å². The van der Waals surface area contributed by atoms with Gasteiger partial charge in [-0.15, -0.1) is 0 Å². The average molecular weight is 374 g/mol. The van der Waals surface area contributed by atoms with Crippen molar-refractivity contribution >= 4 is 12.1 Å². The zero-order chi connectivity index (χ0) is 19.8. The molecule has 0 radical (unpaired) electrons. The maximum atomic E-state index is 16.8. The summed E-state index contributed by atoms with van der Waals surface area (Å²) in [7, 11) is 0. The van der Waals surface area contributed by atoms with E-state index in [4.69, 9.17) is 0 Å². The molecule has 4 aliphatic carbocycles. The molecule has 0 aromatic heterocycles. The number of carbonyl (C=O) groups excluding carboxylic acids is 2. The van der Waals surface area contributed by atoms with E-state index in [1.165, 1.54) is 12.2 Å². The Hall–Kier alpha value is -1.75. The zero-order valence-corrected chi connectivity index (χ0v) is 16.0. The van der Waals surface area contributed by atoms with Gasteiger partial charge in [-0.3, -0.25) is 9.59 Å². The fraction of sp³-hybridized carbons (Fsp3) is 0.636. The molecule has 5 heteroatoms. The summed E-state index contributed by atoms with van der Waals surface area (Å²) < 4.78 is 16.8. The van der Waals surface area contributed by atoms with Gasteiger partial charge in [0.05, 0.1) is 6.10 Å². The molecule has 0 spiro atoms. The van der Waals surface area contributed by atoms with Crippen LogP contribution < -0.4 is 0 Å². The fourth-order valence-corrected chi connectivity index (χ4v) is 6.97. The van der Waals surface area contributed by atoms with Gasteiger partial charge in [-0.25, -0.2) is 4.39 Å². The number of aldehydes is 1. The van der Waals surface area contributed by atoms with Gasteiger partial charge < -0.3 is 10.2 Å². The predicted octanol–water partition coefficient (Wildman–Crippen LogP) is 3.61. The predicted molar refractivity (Wildman–Crippen MR) is 98.6 cm³/mol. The monoisotopic (exact) mass is 374 g/mol. The van der Waals surface area contributed by atoms with Crippen LogP contribution in [0.15, 0.2) is 35.1 Å². The van der Waals surface area contributed by atoms with Gasteiger partial charge in [0.2, 0.25) is 0 Å². The summed E-state index contributed by atoms with van der Waals surface area (Å²) in [4.78, 5) is 23.1. The quantitative estimate of drug-likeness (QED) is 0.418. The smallest absolute Gasteiger partial charge is 0.184 e. The van der Waals surface area contributed by atoms with Gasteiger partial charge in [0.25, 0.3) is 0 Å². The highest BCUT2D eigenvalue weighted by atomic mass is 19.1. The van der Waals surface area contributed by atoms with E-state index in [-0.39, 0.29) is 29.8 Å². The van der Waals surface area contributed by atoms with Crippen LogP contribution in [0.5, 0.6) is 0 Å². The van der Waals surface area contributed by atoms with Crippen molar-refractivity contribution in [3.8, 4) is 0 Å². The molecule has 2 unspecified atom stereocenters. The topological polar surface area (TPSA) is 74.6 Å². The highest BCUT2D eigenvalue weighted by Gasteiger charge is 2.70. The Morgan fingerprint density at radius 1 is 1.33 bits per heavy atom. The number of allylic oxidation sites excluding steroid dienone is 6. The van der Waals surface area contributed by atoms with Crippen LogP contribution in [0.2, 0.25) is 0 Å². The molecule has 2 N–H and O–H groups in total. The summed E-state index contributed by atoms with van der Waals surface area (Å²) in [6, 6.07) is 0. The number of rotatable bonds is 1. The molecular weight excluding hydrogens is 347 g/mol. The van der Waals surface area contributed by atoms with E-state index in [1.54, 1.807) is 13.0 Å². The molecule has 0 aromatic carbocycles. The van der Waals surface area contributed by atoms with Crippen LogP contribution >= 0.6 is 0 Å². The lowest BCUT2D eigenvalue weighted by Gasteiger charge is -2.61. The Morgan fingerprint density at radius 2 is 2.04 bits per heavy atom. The van der Waals surface area contributed by atoms with Gasteiger partial charge in [-0.1, -0.05) is 25.5 Å². The summed E-state index contributed by atoms with van der Waals surface area (Å²) in [5.74, 6) is -0.895. The van der Waals surface area contributed by atoms with Crippen LogP contribution in [0.25, 0.3) is 0 Å². The number of carbonyl (C=O) groups is 2. The van der Waals surface area contributed by atoms with Crippen molar-refractivity contribution in [2.45, 2.75) is 58.2 Å². The molecule has 0 aliphatic heterocycles. The Kier molecular flexibility index (Phi) is 3.88. The number of alkyl halides is 1. The van der Waals surface area contributed by atoms with Gasteiger partial charge in [0.15, 0.2) is 23.5 Å². The van der Waals surface area contributed by atoms with Gasteiger partial charge in [-0.05, 0) is 67.6 Å². The molecular formula is C22H27FO4. The first-order valence-corrected chi connectivity index (χ1v) is 9.79. The zero-order valence-electron chi connectivity index (χ0n) is 16.0. The Bertz CT molecular complexity index is 811. The molecule has 0 heterocycles. The van der Waals surface area contributed by atoms with Crippen LogP contribution in [-0.2, 0) is 9.59 Å². The first kappa shape index (κ1) is 18.6. The lowest BCUT2D eigenvalue weighted by Crippen LogP contribution is -2.66. The highest BCUT2D eigenvalue weighted by Crippen LogP contribution is 2.69. The molecule has 4 aliphatic rings. The van der Waals surface area contributed by atoms with Crippen molar-refractivity contribution in [2.24, 2.45) is 28.6 Å². The molecule has 0 saturated heterocycles. The lowest BCUT2D eigenvalue weighted by molar-refractivity contribution is -0.184. The molecule has 7 atom stereocenters. The molecule has 0 aromatic rings. The van der Waals surface area contributed by atoms with E-state index in [2.05, 4.69) is 0 Å². The molecule has 4 rings (SSSR count). The summed E-state index contributed by atoms with van der Waals surface area (Å²) in [5.41, 5.74) is -2.06. The maximum absolute atomic E-state index is 16.8. The number of hydrogen-bond donors (Lipinski definition) is 2. The maximum Gasteiger partial charge on any atom is 0.184 e. The fourth-order valence-electron chi connectivity index (χ4n) is 6.97. The number of fused-ring (bicyclic) bond motifs is 5. The second-order valence-electron chi connectivity index (χ2n) is 9.32. The SMILES string of the molecule is C[C@H]1CC2C3CCC4=CC(=O)C=C[C@]4(C)[C@@]3(F)[C@@H](O)C[C@]2(C)C1=C(O)C=O. The van der Waals surface area contributed by atoms with Crippen molar-refractivity contribution in [3.63, 3.8) is 0 Å². The van der Waals surface area contributed by atoms with E-state index in [0.29, 0.717) is 31.1 Å². The second-order valence-corrected chi connectivity index (χ2v) is 9.32. The Balaban J connectivity index is 1.85. The van der Waals surface area contributed by atoms with Crippen molar-refractivity contribution in [2.75, 3.05) is 0 Å². The minimum absolute atomic E-state index is 0.0343.